The molecule has 1 aliphatic carbocycles. The molecule has 1 N–H and O–H groups in total. The van der Waals surface area contributed by atoms with Gasteiger partial charge in [0.2, 0.25) is 0 Å². The number of aromatic nitrogens is 1. The van der Waals surface area contributed by atoms with Gasteiger partial charge in [0.1, 0.15) is 5.69 Å². The third kappa shape index (κ3) is 4.37. The SMILES string of the molecule is C[C@@H](CCc1ccccc1)NC(=O)c1c2c(nc3ccccc13)C(=O)N(C1CCCCC1)C2. The molecule has 2 heterocycles. The van der Waals surface area contributed by atoms with E-state index in [1.807, 2.05) is 54.3 Å². The van der Waals surface area contributed by atoms with Crippen LogP contribution in [-0.4, -0.2) is 33.8 Å². The van der Waals surface area contributed by atoms with Crippen molar-refractivity contribution in [3.05, 3.63) is 77.0 Å². The summed E-state index contributed by atoms with van der Waals surface area (Å²) in [5.74, 6) is -0.127. The van der Waals surface area contributed by atoms with Crippen LogP contribution in [0.2, 0.25) is 0 Å². The first-order valence-corrected chi connectivity index (χ1v) is 12.2. The summed E-state index contributed by atoms with van der Waals surface area (Å²) in [5, 5.41) is 4.02. The first-order chi connectivity index (χ1) is 16.1. The Morgan fingerprint density at radius 3 is 2.58 bits per heavy atom. The monoisotopic (exact) mass is 441 g/mol. The summed E-state index contributed by atoms with van der Waals surface area (Å²) in [6.07, 6.45) is 7.40. The van der Waals surface area contributed by atoms with Gasteiger partial charge in [0.15, 0.2) is 0 Å². The zero-order valence-corrected chi connectivity index (χ0v) is 19.2. The molecular weight excluding hydrogens is 410 g/mol. The van der Waals surface area contributed by atoms with Crippen LogP contribution < -0.4 is 5.32 Å². The van der Waals surface area contributed by atoms with Crippen molar-refractivity contribution in [1.29, 1.82) is 0 Å². The lowest BCUT2D eigenvalue weighted by molar-refractivity contribution is 0.0655. The molecule has 0 saturated heterocycles. The van der Waals surface area contributed by atoms with Gasteiger partial charge in [-0.05, 0) is 44.2 Å². The highest BCUT2D eigenvalue weighted by molar-refractivity contribution is 6.11. The number of carbonyl (C=O) groups excluding carboxylic acids is 2. The maximum absolute atomic E-state index is 13.6. The van der Waals surface area contributed by atoms with Gasteiger partial charge in [-0.3, -0.25) is 9.59 Å². The summed E-state index contributed by atoms with van der Waals surface area (Å²) in [6, 6.07) is 18.3. The maximum Gasteiger partial charge on any atom is 0.273 e. The highest BCUT2D eigenvalue weighted by Gasteiger charge is 2.38. The molecule has 1 atom stereocenters. The number of rotatable bonds is 6. The summed E-state index contributed by atoms with van der Waals surface area (Å²) in [5.41, 5.74) is 3.84. The fourth-order valence-electron chi connectivity index (χ4n) is 5.30. The number of nitrogens with one attached hydrogen (secondary N) is 1. The Labute approximate surface area is 195 Å². The molecule has 0 unspecified atom stereocenters. The van der Waals surface area contributed by atoms with Gasteiger partial charge in [0.05, 0.1) is 11.1 Å². The topological polar surface area (TPSA) is 62.3 Å². The van der Waals surface area contributed by atoms with Crippen molar-refractivity contribution in [1.82, 2.24) is 15.2 Å². The fraction of sp³-hybridized carbons (Fsp3) is 0.393. The van der Waals surface area contributed by atoms with E-state index in [2.05, 4.69) is 17.4 Å². The number of nitrogens with zero attached hydrogens (tertiary/aromatic N) is 2. The van der Waals surface area contributed by atoms with E-state index in [1.54, 1.807) is 0 Å². The van der Waals surface area contributed by atoms with Gasteiger partial charge >= 0.3 is 0 Å². The average Bonchev–Trinajstić information content (AvgIpc) is 3.18. The molecule has 0 radical (unpaired) electrons. The van der Waals surface area contributed by atoms with Crippen molar-refractivity contribution in [3.8, 4) is 0 Å². The molecule has 3 aromatic rings. The number of hydrogen-bond donors (Lipinski definition) is 1. The van der Waals surface area contributed by atoms with E-state index in [0.29, 0.717) is 23.3 Å². The zero-order chi connectivity index (χ0) is 22.8. The number of para-hydroxylation sites is 1. The van der Waals surface area contributed by atoms with Crippen LogP contribution in [0.25, 0.3) is 10.9 Å². The van der Waals surface area contributed by atoms with E-state index in [4.69, 9.17) is 4.98 Å². The molecule has 2 aliphatic rings. The fourth-order valence-corrected chi connectivity index (χ4v) is 5.30. The van der Waals surface area contributed by atoms with E-state index in [0.717, 1.165) is 49.5 Å². The highest BCUT2D eigenvalue weighted by atomic mass is 16.2. The van der Waals surface area contributed by atoms with Gasteiger partial charge in [-0.15, -0.1) is 0 Å². The van der Waals surface area contributed by atoms with Crippen LogP contribution in [0, 0.1) is 0 Å². The molecule has 5 rings (SSSR count). The quantitative estimate of drug-likeness (QED) is 0.566. The second-order valence-electron chi connectivity index (χ2n) is 9.45. The number of hydrogen-bond acceptors (Lipinski definition) is 3. The molecule has 5 heteroatoms. The Morgan fingerprint density at radius 2 is 1.79 bits per heavy atom. The lowest BCUT2D eigenvalue weighted by atomic mass is 9.94. The van der Waals surface area contributed by atoms with Crippen LogP contribution in [-0.2, 0) is 13.0 Å². The van der Waals surface area contributed by atoms with Crippen molar-refractivity contribution in [2.24, 2.45) is 0 Å². The average molecular weight is 442 g/mol. The van der Waals surface area contributed by atoms with Crippen molar-refractivity contribution in [2.75, 3.05) is 0 Å². The third-order valence-corrected chi connectivity index (χ3v) is 7.11. The van der Waals surface area contributed by atoms with E-state index < -0.39 is 0 Å². The molecule has 170 valence electrons. The molecule has 1 saturated carbocycles. The van der Waals surface area contributed by atoms with Gasteiger partial charge in [0.25, 0.3) is 11.8 Å². The normalized spacial score (nSPS) is 17.2. The number of carbonyl (C=O) groups is 2. The Hall–Kier alpha value is -3.21. The Bertz CT molecular complexity index is 1170. The predicted molar refractivity (Wildman–Crippen MR) is 130 cm³/mol. The number of aryl methyl sites for hydroxylation is 1. The largest absolute Gasteiger partial charge is 0.350 e. The smallest absolute Gasteiger partial charge is 0.273 e. The van der Waals surface area contributed by atoms with Crippen molar-refractivity contribution in [2.45, 2.75) is 70.5 Å². The zero-order valence-electron chi connectivity index (χ0n) is 19.2. The summed E-state index contributed by atoms with van der Waals surface area (Å²) in [4.78, 5) is 33.6. The second kappa shape index (κ2) is 9.34. The molecule has 1 aliphatic heterocycles. The summed E-state index contributed by atoms with van der Waals surface area (Å²) in [6.45, 7) is 2.53. The van der Waals surface area contributed by atoms with Gasteiger partial charge in [0, 0.05) is 29.6 Å². The minimum atomic E-state index is -0.108. The number of benzene rings is 2. The Balaban J connectivity index is 1.42. The van der Waals surface area contributed by atoms with Crippen LogP contribution in [0.3, 0.4) is 0 Å². The summed E-state index contributed by atoms with van der Waals surface area (Å²) < 4.78 is 0. The molecule has 1 aromatic heterocycles. The lowest BCUT2D eigenvalue weighted by Crippen LogP contribution is -2.37. The minimum Gasteiger partial charge on any atom is -0.350 e. The number of amides is 2. The Kier molecular flexibility index (Phi) is 6.12. The first-order valence-electron chi connectivity index (χ1n) is 12.2. The van der Waals surface area contributed by atoms with Gasteiger partial charge in [-0.1, -0.05) is 67.8 Å². The molecular formula is C28H31N3O2. The summed E-state index contributed by atoms with van der Waals surface area (Å²) >= 11 is 0. The number of pyridine rings is 1. The molecule has 0 spiro atoms. The molecule has 2 aromatic carbocycles. The maximum atomic E-state index is 13.6. The van der Waals surface area contributed by atoms with Crippen molar-refractivity contribution >= 4 is 22.7 Å². The molecule has 2 amide bonds. The van der Waals surface area contributed by atoms with Crippen LogP contribution >= 0.6 is 0 Å². The van der Waals surface area contributed by atoms with Crippen LogP contribution in [0.5, 0.6) is 0 Å². The molecule has 33 heavy (non-hydrogen) atoms. The Morgan fingerprint density at radius 1 is 1.06 bits per heavy atom. The standard InChI is InChI=1S/C28H31N3O2/c1-19(16-17-20-10-4-2-5-11-20)29-27(32)25-22-14-8-9-15-24(22)30-26-23(25)18-31(28(26)33)21-12-6-3-7-13-21/h2,4-5,8-11,14-15,19,21H,3,6-7,12-13,16-18H2,1H3,(H,29,32)/t19-/m0/s1. The second-order valence-corrected chi connectivity index (χ2v) is 9.45. The minimum absolute atomic E-state index is 0.0196. The van der Waals surface area contributed by atoms with Crippen molar-refractivity contribution < 1.29 is 9.59 Å². The molecule has 1 fully saturated rings. The molecule has 5 nitrogen and oxygen atoms in total. The van der Waals surface area contributed by atoms with Gasteiger partial charge in [-0.2, -0.15) is 0 Å². The van der Waals surface area contributed by atoms with E-state index in [9.17, 15) is 9.59 Å². The van der Waals surface area contributed by atoms with Crippen LogP contribution in [0.4, 0.5) is 0 Å². The van der Waals surface area contributed by atoms with Gasteiger partial charge in [-0.25, -0.2) is 4.98 Å². The summed E-state index contributed by atoms with van der Waals surface area (Å²) in [7, 11) is 0. The first kappa shape index (κ1) is 21.6. The van der Waals surface area contributed by atoms with Gasteiger partial charge < -0.3 is 10.2 Å². The third-order valence-electron chi connectivity index (χ3n) is 7.11. The van der Waals surface area contributed by atoms with E-state index >= 15 is 0 Å². The van der Waals surface area contributed by atoms with E-state index in [-0.39, 0.29) is 23.9 Å². The lowest BCUT2D eigenvalue weighted by Gasteiger charge is -2.30. The number of fused-ring (bicyclic) bond motifs is 2. The van der Waals surface area contributed by atoms with E-state index in [1.165, 1.54) is 12.0 Å². The van der Waals surface area contributed by atoms with Crippen molar-refractivity contribution in [3.63, 3.8) is 0 Å². The van der Waals surface area contributed by atoms with Crippen LogP contribution in [0.15, 0.2) is 54.6 Å². The van der Waals surface area contributed by atoms with Crippen LogP contribution in [0.1, 0.15) is 77.4 Å². The predicted octanol–water partition coefficient (Wildman–Crippen LogP) is 5.27. The molecule has 0 bridgehead atoms. The highest BCUT2D eigenvalue weighted by Crippen LogP contribution is 2.34.